The van der Waals surface area contributed by atoms with Gasteiger partial charge in [-0.15, -0.1) is 0 Å². The third-order valence-electron chi connectivity index (χ3n) is 1.64. The highest BCUT2D eigenvalue weighted by molar-refractivity contribution is 6.35. The average Bonchev–Trinajstić information content (AvgIpc) is 2.27. The van der Waals surface area contributed by atoms with Crippen molar-refractivity contribution in [2.75, 3.05) is 7.11 Å². The van der Waals surface area contributed by atoms with Gasteiger partial charge in [-0.3, -0.25) is 4.99 Å². The number of esters is 1. The zero-order valence-electron chi connectivity index (χ0n) is 9.86. The van der Waals surface area contributed by atoms with E-state index >= 15 is 0 Å². The van der Waals surface area contributed by atoms with Crippen molar-refractivity contribution in [2.24, 2.45) is 9.98 Å². The van der Waals surface area contributed by atoms with Crippen molar-refractivity contribution in [3.05, 3.63) is 24.4 Å². The topological polar surface area (TPSA) is 63.0 Å². The zero-order valence-corrected chi connectivity index (χ0v) is 9.86. The number of hydrogen-bond acceptors (Lipinski definition) is 4. The summed E-state index contributed by atoms with van der Waals surface area (Å²) >= 11 is 0. The molecular formula is C11H17N3O2. The molecule has 0 aromatic rings. The number of nitrogens with zero attached hydrogens (tertiary/aromatic N) is 2. The predicted molar refractivity (Wildman–Crippen MR) is 65.6 cm³/mol. The second-order valence-corrected chi connectivity index (χ2v) is 2.99. The summed E-state index contributed by atoms with van der Waals surface area (Å²) in [6, 6.07) is 0. The fraction of sp³-hybridized carbons (Fsp3) is 0.364. The first-order valence-corrected chi connectivity index (χ1v) is 4.73. The Balaban J connectivity index is 4.88. The van der Waals surface area contributed by atoms with Crippen LogP contribution in [0.3, 0.4) is 0 Å². The molecule has 0 amide bonds. The number of nitrogens with one attached hydrogen (secondary N) is 1. The van der Waals surface area contributed by atoms with E-state index in [1.807, 2.05) is 0 Å². The maximum Gasteiger partial charge on any atom is 0.373 e. The van der Waals surface area contributed by atoms with Crippen molar-refractivity contribution in [3.63, 3.8) is 0 Å². The fourth-order valence-electron chi connectivity index (χ4n) is 0.866. The first-order chi connectivity index (χ1) is 7.54. The van der Waals surface area contributed by atoms with E-state index in [0.717, 1.165) is 5.70 Å². The number of aliphatic imine (C=N–C) groups is 2. The summed E-state index contributed by atoms with van der Waals surface area (Å²) in [6.45, 7) is 10.4. The van der Waals surface area contributed by atoms with Crippen LogP contribution in [0.1, 0.15) is 13.8 Å². The Morgan fingerprint density at radius 1 is 1.56 bits per heavy atom. The maximum atomic E-state index is 11.4. The van der Waals surface area contributed by atoms with Crippen molar-refractivity contribution in [2.45, 2.75) is 20.0 Å². The number of hydrogen-bond donors (Lipinski definition) is 1. The molecule has 0 aliphatic rings. The van der Waals surface area contributed by atoms with E-state index in [1.165, 1.54) is 7.11 Å². The van der Waals surface area contributed by atoms with Crippen LogP contribution in [0.4, 0.5) is 0 Å². The first-order valence-electron chi connectivity index (χ1n) is 4.73. The number of ether oxygens (including phenoxy) is 1. The minimum absolute atomic E-state index is 0.0954. The van der Waals surface area contributed by atoms with Crippen LogP contribution < -0.4 is 5.32 Å². The molecule has 0 aliphatic carbocycles. The van der Waals surface area contributed by atoms with E-state index in [4.69, 9.17) is 0 Å². The van der Waals surface area contributed by atoms with E-state index in [-0.39, 0.29) is 5.84 Å². The molecule has 0 fully saturated rings. The lowest BCUT2D eigenvalue weighted by atomic mass is 10.4. The molecule has 5 heteroatoms. The molecule has 0 bridgehead atoms. The molecule has 0 aromatic heterocycles. The molecule has 16 heavy (non-hydrogen) atoms. The first kappa shape index (κ1) is 14.1. The van der Waals surface area contributed by atoms with Crippen molar-refractivity contribution >= 4 is 18.5 Å². The van der Waals surface area contributed by atoms with E-state index in [0.29, 0.717) is 0 Å². The Labute approximate surface area is 95.6 Å². The third kappa shape index (κ3) is 5.09. The quantitative estimate of drug-likeness (QED) is 0.338. The van der Waals surface area contributed by atoms with Crippen molar-refractivity contribution in [1.29, 1.82) is 0 Å². The second kappa shape index (κ2) is 7.39. The SMILES string of the molecule is C=C/C=C(\C)N/C(=N\C(C)N=C)C(=O)OC. The predicted octanol–water partition coefficient (Wildman–Crippen LogP) is 1.28. The molecule has 1 N–H and O–H groups in total. The molecular weight excluding hydrogens is 206 g/mol. The Hall–Kier alpha value is -1.91. The van der Waals surface area contributed by atoms with Gasteiger partial charge in [-0.1, -0.05) is 12.7 Å². The van der Waals surface area contributed by atoms with Gasteiger partial charge in [0.1, 0.15) is 6.17 Å². The number of rotatable bonds is 4. The summed E-state index contributed by atoms with van der Waals surface area (Å²) in [7, 11) is 1.29. The number of carbonyl (C=O) groups excluding carboxylic acids is 1. The lowest BCUT2D eigenvalue weighted by Gasteiger charge is -2.09. The van der Waals surface area contributed by atoms with Gasteiger partial charge < -0.3 is 10.1 Å². The van der Waals surface area contributed by atoms with Crippen LogP contribution in [-0.2, 0) is 9.53 Å². The van der Waals surface area contributed by atoms with Crippen molar-refractivity contribution in [1.82, 2.24) is 5.32 Å². The van der Waals surface area contributed by atoms with Crippen LogP contribution in [0.15, 0.2) is 34.4 Å². The molecule has 0 aliphatic heterocycles. The zero-order chi connectivity index (χ0) is 12.6. The molecule has 0 spiro atoms. The van der Waals surface area contributed by atoms with Gasteiger partial charge in [-0.05, 0) is 26.6 Å². The largest absolute Gasteiger partial charge is 0.463 e. The average molecular weight is 223 g/mol. The van der Waals surface area contributed by atoms with Gasteiger partial charge in [0.2, 0.25) is 5.84 Å². The smallest absolute Gasteiger partial charge is 0.373 e. The van der Waals surface area contributed by atoms with Gasteiger partial charge in [0, 0.05) is 5.70 Å². The van der Waals surface area contributed by atoms with Gasteiger partial charge in [0.25, 0.3) is 0 Å². The summed E-state index contributed by atoms with van der Waals surface area (Å²) in [5, 5.41) is 2.81. The Morgan fingerprint density at radius 3 is 2.62 bits per heavy atom. The van der Waals surface area contributed by atoms with E-state index < -0.39 is 12.1 Å². The van der Waals surface area contributed by atoms with Crippen molar-refractivity contribution < 1.29 is 9.53 Å². The van der Waals surface area contributed by atoms with Gasteiger partial charge >= 0.3 is 5.97 Å². The highest BCUT2D eigenvalue weighted by atomic mass is 16.5. The molecule has 88 valence electrons. The number of allylic oxidation sites excluding steroid dienone is 3. The van der Waals surface area contributed by atoms with E-state index in [1.54, 1.807) is 26.0 Å². The number of carbonyl (C=O) groups is 1. The lowest BCUT2D eigenvalue weighted by Crippen LogP contribution is -2.32. The van der Waals surface area contributed by atoms with E-state index in [2.05, 4.69) is 33.3 Å². The van der Waals surface area contributed by atoms with Crippen molar-refractivity contribution in [3.8, 4) is 0 Å². The van der Waals surface area contributed by atoms with Gasteiger partial charge in [0.05, 0.1) is 7.11 Å². The maximum absolute atomic E-state index is 11.4. The van der Waals surface area contributed by atoms with Crippen LogP contribution in [0.2, 0.25) is 0 Å². The monoisotopic (exact) mass is 223 g/mol. The van der Waals surface area contributed by atoms with Crippen LogP contribution in [0, 0.1) is 0 Å². The highest BCUT2D eigenvalue weighted by Gasteiger charge is 2.12. The minimum Gasteiger partial charge on any atom is -0.463 e. The van der Waals surface area contributed by atoms with Crippen LogP contribution >= 0.6 is 0 Å². The Kier molecular flexibility index (Phi) is 6.51. The number of methoxy groups -OCH3 is 1. The summed E-state index contributed by atoms with van der Waals surface area (Å²) < 4.78 is 4.59. The lowest BCUT2D eigenvalue weighted by molar-refractivity contribution is -0.132. The molecule has 1 unspecified atom stereocenters. The standard InChI is InChI=1S/C11H17N3O2/c1-6-7-8(2)13-10(11(15)16-5)14-9(3)12-4/h6-7,9H,1,4H2,2-3,5H3,(H,13,14)/b8-7+. The van der Waals surface area contributed by atoms with Crippen LogP contribution in [0.25, 0.3) is 0 Å². The normalized spacial score (nSPS) is 13.9. The minimum atomic E-state index is -0.549. The highest BCUT2D eigenvalue weighted by Crippen LogP contribution is 1.95. The van der Waals surface area contributed by atoms with E-state index in [9.17, 15) is 4.79 Å². The molecule has 0 aromatic carbocycles. The molecule has 0 saturated heterocycles. The van der Waals surface area contributed by atoms with Gasteiger partial charge in [-0.25, -0.2) is 9.79 Å². The van der Waals surface area contributed by atoms with Gasteiger partial charge in [0.15, 0.2) is 0 Å². The van der Waals surface area contributed by atoms with Gasteiger partial charge in [-0.2, -0.15) is 0 Å². The second-order valence-electron chi connectivity index (χ2n) is 2.99. The molecule has 0 radical (unpaired) electrons. The third-order valence-corrected chi connectivity index (χ3v) is 1.64. The summed E-state index contributed by atoms with van der Waals surface area (Å²) in [6.07, 6.45) is 2.91. The molecule has 5 nitrogen and oxygen atoms in total. The fourth-order valence-corrected chi connectivity index (χ4v) is 0.866. The van der Waals surface area contributed by atoms with Crippen LogP contribution in [-0.4, -0.2) is 31.8 Å². The summed E-state index contributed by atoms with van der Waals surface area (Å²) in [5.74, 6) is -0.453. The number of amidine groups is 1. The Bertz CT molecular complexity index is 332. The Morgan fingerprint density at radius 2 is 2.19 bits per heavy atom. The molecule has 1 atom stereocenters. The summed E-state index contributed by atoms with van der Waals surface area (Å²) in [5.41, 5.74) is 0.732. The molecule has 0 heterocycles. The van der Waals surface area contributed by atoms with Crippen LogP contribution in [0.5, 0.6) is 0 Å². The molecule has 0 rings (SSSR count). The molecule has 0 saturated carbocycles. The summed E-state index contributed by atoms with van der Waals surface area (Å²) in [4.78, 5) is 19.1.